The summed E-state index contributed by atoms with van der Waals surface area (Å²) in [6, 6.07) is 0. The van der Waals surface area contributed by atoms with E-state index < -0.39 is 0 Å². The highest BCUT2D eigenvalue weighted by molar-refractivity contribution is 5.49. The maximum Gasteiger partial charge on any atom is 0.210 e. The Balaban J connectivity index is 2.49. The third kappa shape index (κ3) is 3.63. The van der Waals surface area contributed by atoms with Crippen molar-refractivity contribution in [1.29, 1.82) is 1.43 Å². The van der Waals surface area contributed by atoms with E-state index in [1.165, 1.54) is 0 Å². The van der Waals surface area contributed by atoms with Gasteiger partial charge >= 0.3 is 0 Å². The first-order valence-electron chi connectivity index (χ1n) is 1.84. The Bertz CT molecular complexity index is 37.8. The Morgan fingerprint density at radius 2 is 3.00 bits per heavy atom. The summed E-state index contributed by atoms with van der Waals surface area (Å²) >= 11 is 0. The number of rotatable bonds is 3. The van der Waals surface area contributed by atoms with Crippen LogP contribution < -0.4 is 0 Å². The van der Waals surface area contributed by atoms with E-state index in [1.54, 1.807) is 0 Å². The molecule has 0 saturated heterocycles. The molecule has 0 radical (unpaired) electrons. The largest absolute Gasteiger partial charge is 0.396 e. The lowest BCUT2D eigenvalue weighted by molar-refractivity contribution is -0.108. The summed E-state index contributed by atoms with van der Waals surface area (Å²) in [4.78, 5) is 9.40. The van der Waals surface area contributed by atoms with Gasteiger partial charge in [0.25, 0.3) is 0 Å². The Labute approximate surface area is 31.9 Å². The zero-order chi connectivity index (χ0) is 4.83. The van der Waals surface area contributed by atoms with Crippen molar-refractivity contribution in [2.45, 2.75) is 6.42 Å². The molecule has 0 aliphatic heterocycles. The van der Waals surface area contributed by atoms with Crippen LogP contribution in [0, 0.1) is 0 Å². The van der Waals surface area contributed by atoms with Gasteiger partial charge in [0.1, 0.15) is 6.29 Å². The second kappa shape index (κ2) is 3.63. The molecule has 0 atom stereocenters. The number of carbonyl (C=O) groups excluding carboxylic acids is 1. The topological polar surface area (TPSA) is 37.3 Å². The molecule has 0 saturated carbocycles. The van der Waals surface area contributed by atoms with Crippen LogP contribution in [0.5, 0.6) is 0 Å². The molecule has 0 aliphatic rings. The fourth-order valence-corrected chi connectivity index (χ4v) is 0.0481. The predicted molar refractivity (Wildman–Crippen MR) is 17.8 cm³/mol. The molecule has 0 amide bonds. The number of hydrogen-bond acceptors (Lipinski definition) is 2. The Hall–Kier alpha value is -0.370. The van der Waals surface area contributed by atoms with Gasteiger partial charge in [0.15, 0.2) is 0 Å². The maximum absolute atomic E-state index is 9.40. The number of hydrogen-bond donors (Lipinski definition) is 1. The van der Waals surface area contributed by atoms with Crippen molar-refractivity contribution in [2.75, 3.05) is 6.61 Å². The van der Waals surface area contributed by atoms with E-state index in [0.29, 0.717) is 12.7 Å². The van der Waals surface area contributed by atoms with E-state index in [2.05, 4.69) is 5.11 Å². The van der Waals surface area contributed by atoms with Gasteiger partial charge in [0, 0.05) is 13.0 Å². The van der Waals surface area contributed by atoms with Crippen molar-refractivity contribution in [3.63, 3.8) is 0 Å². The summed E-state index contributed by atoms with van der Waals surface area (Å²) in [5.41, 5.74) is 0. The Kier molecular flexibility index (Phi) is 2.07. The highest BCUT2D eigenvalue weighted by Crippen LogP contribution is 1.58. The first-order valence-corrected chi connectivity index (χ1v) is 1.43. The minimum Gasteiger partial charge on any atom is -0.396 e. The quantitative estimate of drug-likeness (QED) is 0.365. The molecule has 0 heterocycles. The minimum atomic E-state index is 0.212. The number of aliphatic hydroxyl groups is 1. The average molecular weight is 75.1 g/mol. The van der Waals surface area contributed by atoms with E-state index in [0.717, 1.165) is 0 Å². The van der Waals surface area contributed by atoms with Crippen LogP contribution in [-0.4, -0.2) is 19.4 Å². The van der Waals surface area contributed by atoms with Gasteiger partial charge in [-0.25, -0.2) is 0 Å². The molecule has 5 heavy (non-hydrogen) atoms. The van der Waals surface area contributed by atoms with Crippen LogP contribution in [0.3, 0.4) is 0 Å². The SMILES string of the molecule is [2H]OCCC=O. The first kappa shape index (κ1) is 2.85. The van der Waals surface area contributed by atoms with E-state index in [-0.39, 0.29) is 6.61 Å². The van der Waals surface area contributed by atoms with E-state index in [1.807, 2.05) is 0 Å². The molecule has 0 fully saturated rings. The molecule has 0 aromatic heterocycles. The van der Waals surface area contributed by atoms with Crippen LogP contribution in [-0.2, 0) is 4.79 Å². The zero-order valence-electron chi connectivity index (χ0n) is 3.81. The molecule has 30 valence electrons. The lowest BCUT2D eigenvalue weighted by Crippen LogP contribution is -1.78. The van der Waals surface area contributed by atoms with Gasteiger partial charge in [-0.2, -0.15) is 0 Å². The maximum atomic E-state index is 9.40. The monoisotopic (exact) mass is 75.0 g/mol. The molecular weight excluding hydrogens is 68.0 g/mol. The van der Waals surface area contributed by atoms with Crippen molar-refractivity contribution in [3.05, 3.63) is 0 Å². The van der Waals surface area contributed by atoms with Crippen molar-refractivity contribution in [2.24, 2.45) is 0 Å². The minimum absolute atomic E-state index is 0.212. The van der Waals surface area contributed by atoms with Gasteiger partial charge in [-0.1, -0.05) is 0 Å². The fraction of sp³-hybridized carbons (Fsp3) is 0.667. The molecule has 0 unspecified atom stereocenters. The van der Waals surface area contributed by atoms with E-state index in [4.69, 9.17) is 1.43 Å². The predicted octanol–water partition coefficient (Wildman–Crippen LogP) is -0.432. The summed E-state index contributed by atoms with van der Waals surface area (Å²) in [7, 11) is 0. The van der Waals surface area contributed by atoms with E-state index in [9.17, 15) is 4.79 Å². The van der Waals surface area contributed by atoms with Crippen molar-refractivity contribution in [3.8, 4) is 0 Å². The standard InChI is InChI=1S/C3H6O2/c4-2-1-3-5/h2,5H,1,3H2/i5D. The molecule has 0 aliphatic carbocycles. The van der Waals surface area contributed by atoms with Crippen LogP contribution >= 0.6 is 0 Å². The van der Waals surface area contributed by atoms with Crippen LogP contribution in [0.15, 0.2) is 0 Å². The lowest BCUT2D eigenvalue weighted by Gasteiger charge is -1.69. The van der Waals surface area contributed by atoms with Crippen molar-refractivity contribution < 1.29 is 9.90 Å². The lowest BCUT2D eigenvalue weighted by atomic mass is 10.5. The number of aldehydes is 1. The first-order chi connectivity index (χ1) is 2.91. The molecular formula is C3H6O2. The molecule has 1 N–H and O–H groups in total. The second-order valence-electron chi connectivity index (χ2n) is 0.659. The van der Waals surface area contributed by atoms with Gasteiger partial charge in [0.2, 0.25) is 1.43 Å². The second-order valence-corrected chi connectivity index (χ2v) is 0.659. The summed E-state index contributed by atoms with van der Waals surface area (Å²) < 4.78 is 6.05. The zero-order valence-corrected chi connectivity index (χ0v) is 2.81. The van der Waals surface area contributed by atoms with Crippen molar-refractivity contribution >= 4 is 6.29 Å². The Morgan fingerprint density at radius 3 is 3.20 bits per heavy atom. The van der Waals surface area contributed by atoms with E-state index >= 15 is 0 Å². The average Bonchev–Trinajstić information content (AvgIpc) is 1.61. The summed E-state index contributed by atoms with van der Waals surface area (Å²) in [6.07, 6.45) is 1.04. The summed E-state index contributed by atoms with van der Waals surface area (Å²) in [5, 5.41) is 3.80. The summed E-state index contributed by atoms with van der Waals surface area (Å²) in [5.74, 6) is 0. The summed E-state index contributed by atoms with van der Waals surface area (Å²) in [6.45, 7) is 0.212. The van der Waals surface area contributed by atoms with Gasteiger partial charge in [-0.3, -0.25) is 0 Å². The van der Waals surface area contributed by atoms with Gasteiger partial charge in [-0.05, 0) is 0 Å². The van der Waals surface area contributed by atoms with Crippen LogP contribution in [0.1, 0.15) is 6.42 Å². The smallest absolute Gasteiger partial charge is 0.210 e. The normalized spacial score (nSPS) is 10.0. The number of aliphatic hydroxyl groups excluding tert-OH is 1. The Morgan fingerprint density at radius 1 is 2.20 bits per heavy atom. The third-order valence-corrected chi connectivity index (χ3v) is 0.236. The van der Waals surface area contributed by atoms with Crippen LogP contribution in [0.2, 0.25) is 0 Å². The highest BCUT2D eigenvalue weighted by Gasteiger charge is 1.67. The third-order valence-electron chi connectivity index (χ3n) is 0.236. The van der Waals surface area contributed by atoms with Gasteiger partial charge in [0.05, 0.1) is 0 Å². The van der Waals surface area contributed by atoms with Crippen molar-refractivity contribution in [1.82, 2.24) is 0 Å². The molecule has 0 spiro atoms. The molecule has 0 aromatic rings. The van der Waals surface area contributed by atoms with Crippen LogP contribution in [0.25, 0.3) is 0 Å². The highest BCUT2D eigenvalue weighted by atomic mass is 16.3. The molecule has 0 aromatic carbocycles. The molecule has 2 nitrogen and oxygen atoms in total. The van der Waals surface area contributed by atoms with Crippen LogP contribution in [0.4, 0.5) is 0 Å². The molecule has 0 rings (SSSR count). The molecule has 0 bridgehead atoms. The number of carbonyl (C=O) groups is 1. The van der Waals surface area contributed by atoms with Gasteiger partial charge < -0.3 is 9.90 Å². The van der Waals surface area contributed by atoms with Gasteiger partial charge in [-0.15, -0.1) is 0 Å². The molecule has 2 heteroatoms. The fourth-order valence-electron chi connectivity index (χ4n) is 0.0481.